The highest BCUT2D eigenvalue weighted by atomic mass is 16.4. The molecule has 0 N–H and O–H groups in total. The summed E-state index contributed by atoms with van der Waals surface area (Å²) >= 11 is 0. The molecule has 2 aromatic heterocycles. The molecule has 0 fully saturated rings. The van der Waals surface area contributed by atoms with E-state index in [1.54, 1.807) is 0 Å². The maximum absolute atomic E-state index is 6.65. The van der Waals surface area contributed by atoms with Crippen LogP contribution in [0, 0.1) is 0 Å². The zero-order chi connectivity index (χ0) is 25.0. The van der Waals surface area contributed by atoms with Crippen LogP contribution in [0.15, 0.2) is 126 Å². The van der Waals surface area contributed by atoms with Crippen molar-refractivity contribution in [2.45, 2.75) is 19.3 Å². The summed E-state index contributed by atoms with van der Waals surface area (Å²) < 4.78 is 6.65. The third-order valence-electron chi connectivity index (χ3n) is 7.43. The van der Waals surface area contributed by atoms with Crippen molar-refractivity contribution < 1.29 is 4.42 Å². The van der Waals surface area contributed by atoms with Gasteiger partial charge in [-0.15, -0.1) is 0 Å². The summed E-state index contributed by atoms with van der Waals surface area (Å²) in [6.45, 7) is 4.59. The van der Waals surface area contributed by atoms with E-state index in [4.69, 9.17) is 9.40 Å². The van der Waals surface area contributed by atoms with Crippen molar-refractivity contribution in [2.75, 3.05) is 4.90 Å². The van der Waals surface area contributed by atoms with Gasteiger partial charge in [0, 0.05) is 27.5 Å². The second kappa shape index (κ2) is 8.21. The lowest BCUT2D eigenvalue weighted by molar-refractivity contribution is 0.571. The van der Waals surface area contributed by atoms with Crippen LogP contribution in [0.5, 0.6) is 0 Å². The van der Waals surface area contributed by atoms with Gasteiger partial charge in [-0.1, -0.05) is 111 Å². The summed E-state index contributed by atoms with van der Waals surface area (Å²) in [6, 6.07) is 42.1. The van der Waals surface area contributed by atoms with Crippen LogP contribution in [0.4, 0.5) is 17.3 Å². The molecule has 0 unspecified atom stereocenters. The first kappa shape index (κ1) is 21.6. The van der Waals surface area contributed by atoms with Crippen LogP contribution < -0.4 is 4.90 Å². The summed E-state index contributed by atoms with van der Waals surface area (Å²) in [6.07, 6.45) is 0. The summed E-state index contributed by atoms with van der Waals surface area (Å²) in [4.78, 5) is 7.37. The fourth-order valence-corrected chi connectivity index (χ4v) is 5.65. The zero-order valence-electron chi connectivity index (χ0n) is 20.8. The molecule has 0 bridgehead atoms. The Labute approximate surface area is 216 Å². The second-order valence-electron chi connectivity index (χ2n) is 10.1. The Bertz CT molecular complexity index is 1690. The number of fused-ring (bicyclic) bond motifs is 4. The molecule has 0 saturated heterocycles. The highest BCUT2D eigenvalue weighted by molar-refractivity contribution is 5.96. The van der Waals surface area contributed by atoms with Gasteiger partial charge in [0.05, 0.1) is 22.8 Å². The molecule has 0 amide bonds. The molecule has 3 nitrogen and oxygen atoms in total. The summed E-state index contributed by atoms with van der Waals surface area (Å²) in [5, 5.41) is 1.16. The SMILES string of the molecule is CC1(C)c2ccccc2N(c2cc(-c3ccccc3)nc(-c3ccccc3)c2)c2oc3ccccc3c21. The van der Waals surface area contributed by atoms with Gasteiger partial charge in [0.25, 0.3) is 0 Å². The van der Waals surface area contributed by atoms with Gasteiger partial charge >= 0.3 is 0 Å². The fourth-order valence-electron chi connectivity index (χ4n) is 5.65. The van der Waals surface area contributed by atoms with Gasteiger partial charge in [-0.2, -0.15) is 0 Å². The number of rotatable bonds is 3. The van der Waals surface area contributed by atoms with E-state index in [1.807, 2.05) is 18.2 Å². The summed E-state index contributed by atoms with van der Waals surface area (Å²) in [7, 11) is 0. The highest BCUT2D eigenvalue weighted by Gasteiger charge is 2.41. The Balaban J connectivity index is 1.54. The topological polar surface area (TPSA) is 29.3 Å². The Kier molecular flexibility index (Phi) is 4.80. The zero-order valence-corrected chi connectivity index (χ0v) is 20.8. The van der Waals surface area contributed by atoms with E-state index in [-0.39, 0.29) is 5.41 Å². The first-order valence-corrected chi connectivity index (χ1v) is 12.7. The van der Waals surface area contributed by atoms with Crippen LogP contribution in [-0.4, -0.2) is 4.98 Å². The average Bonchev–Trinajstić information content (AvgIpc) is 3.34. The second-order valence-corrected chi connectivity index (χ2v) is 10.1. The fraction of sp³-hybridized carbons (Fsp3) is 0.0882. The van der Waals surface area contributed by atoms with Gasteiger partial charge in [0.1, 0.15) is 5.58 Å². The normalized spacial score (nSPS) is 13.8. The predicted molar refractivity (Wildman–Crippen MR) is 152 cm³/mol. The van der Waals surface area contributed by atoms with E-state index in [0.29, 0.717) is 0 Å². The Hall–Kier alpha value is -4.63. The van der Waals surface area contributed by atoms with Crippen molar-refractivity contribution >= 4 is 28.2 Å². The molecule has 7 rings (SSSR count). The quantitative estimate of drug-likeness (QED) is 0.254. The molecule has 0 aliphatic carbocycles. The molecule has 0 saturated carbocycles. The summed E-state index contributed by atoms with van der Waals surface area (Å²) in [5.74, 6) is 0.870. The number of anilines is 3. The van der Waals surface area contributed by atoms with Crippen molar-refractivity contribution in [2.24, 2.45) is 0 Å². The molecule has 3 heterocycles. The number of aromatic nitrogens is 1. The van der Waals surface area contributed by atoms with Crippen LogP contribution >= 0.6 is 0 Å². The van der Waals surface area contributed by atoms with Crippen LogP contribution in [-0.2, 0) is 5.41 Å². The van der Waals surface area contributed by atoms with Crippen molar-refractivity contribution in [3.05, 3.63) is 132 Å². The molecule has 1 aliphatic rings. The minimum absolute atomic E-state index is 0.216. The third kappa shape index (κ3) is 3.39. The molecule has 178 valence electrons. The molecular formula is C34H26N2O. The van der Waals surface area contributed by atoms with Crippen LogP contribution in [0.3, 0.4) is 0 Å². The van der Waals surface area contributed by atoms with E-state index in [0.717, 1.165) is 50.7 Å². The number of nitrogens with zero attached hydrogens (tertiary/aromatic N) is 2. The monoisotopic (exact) mass is 478 g/mol. The molecule has 0 atom stereocenters. The van der Waals surface area contributed by atoms with Gasteiger partial charge in [-0.05, 0) is 29.8 Å². The van der Waals surface area contributed by atoms with E-state index in [1.165, 1.54) is 11.1 Å². The first-order valence-electron chi connectivity index (χ1n) is 12.7. The number of hydrogen-bond acceptors (Lipinski definition) is 3. The lowest BCUT2D eigenvalue weighted by atomic mass is 9.74. The summed E-state index contributed by atoms with van der Waals surface area (Å²) in [5.41, 5.74) is 9.34. The molecular weight excluding hydrogens is 452 g/mol. The number of hydrogen-bond donors (Lipinski definition) is 0. The first-order chi connectivity index (χ1) is 18.1. The molecule has 4 aromatic carbocycles. The number of benzene rings is 4. The van der Waals surface area contributed by atoms with Crippen LogP contribution in [0.2, 0.25) is 0 Å². The molecule has 3 heteroatoms. The third-order valence-corrected chi connectivity index (χ3v) is 7.43. The Morgan fingerprint density at radius 3 is 1.89 bits per heavy atom. The van der Waals surface area contributed by atoms with Crippen LogP contribution in [0.25, 0.3) is 33.5 Å². The van der Waals surface area contributed by atoms with Crippen molar-refractivity contribution in [3.8, 4) is 22.5 Å². The van der Waals surface area contributed by atoms with E-state index >= 15 is 0 Å². The number of furan rings is 1. The molecule has 0 spiro atoms. The van der Waals surface area contributed by atoms with Gasteiger partial charge in [-0.25, -0.2) is 4.98 Å². The Morgan fingerprint density at radius 2 is 1.22 bits per heavy atom. The molecule has 6 aromatic rings. The minimum atomic E-state index is -0.216. The Morgan fingerprint density at radius 1 is 0.649 bits per heavy atom. The standard InChI is InChI=1S/C34H26N2O/c1-34(2)27-18-10-11-19-30(27)36(33-32(34)26-17-9-12-20-31(26)37-33)25-21-28(23-13-5-3-6-14-23)35-29(22-25)24-15-7-4-8-16-24/h3-22H,1-2H3. The predicted octanol–water partition coefficient (Wildman–Crippen LogP) is 9.27. The van der Waals surface area contributed by atoms with Gasteiger partial charge in [0.15, 0.2) is 0 Å². The maximum atomic E-state index is 6.65. The van der Waals surface area contributed by atoms with Crippen LogP contribution in [0.1, 0.15) is 25.0 Å². The van der Waals surface area contributed by atoms with Crippen molar-refractivity contribution in [1.82, 2.24) is 4.98 Å². The average molecular weight is 479 g/mol. The van der Waals surface area contributed by atoms with E-state index in [2.05, 4.69) is 122 Å². The molecule has 0 radical (unpaired) electrons. The lowest BCUT2D eigenvalue weighted by Crippen LogP contribution is -2.29. The van der Waals surface area contributed by atoms with E-state index < -0.39 is 0 Å². The van der Waals surface area contributed by atoms with Crippen molar-refractivity contribution in [1.29, 1.82) is 0 Å². The van der Waals surface area contributed by atoms with E-state index in [9.17, 15) is 0 Å². The molecule has 37 heavy (non-hydrogen) atoms. The largest absolute Gasteiger partial charge is 0.439 e. The van der Waals surface area contributed by atoms with Gasteiger partial charge in [-0.3, -0.25) is 4.90 Å². The number of pyridine rings is 1. The van der Waals surface area contributed by atoms with Gasteiger partial charge < -0.3 is 4.42 Å². The smallest absolute Gasteiger partial charge is 0.209 e. The highest BCUT2D eigenvalue weighted by Crippen LogP contribution is 2.55. The molecule has 1 aliphatic heterocycles. The number of para-hydroxylation sites is 2. The minimum Gasteiger partial charge on any atom is -0.439 e. The van der Waals surface area contributed by atoms with Crippen molar-refractivity contribution in [3.63, 3.8) is 0 Å². The lowest BCUT2D eigenvalue weighted by Gasteiger charge is -2.39. The van der Waals surface area contributed by atoms with Gasteiger partial charge in [0.2, 0.25) is 5.88 Å². The maximum Gasteiger partial charge on any atom is 0.209 e.